The third kappa shape index (κ3) is 1.75. The van der Waals surface area contributed by atoms with Crippen molar-refractivity contribution in [3.63, 3.8) is 0 Å². The summed E-state index contributed by atoms with van der Waals surface area (Å²) in [5, 5.41) is 0. The second-order valence-corrected chi connectivity index (χ2v) is 3.62. The van der Waals surface area contributed by atoms with Crippen molar-refractivity contribution in [2.75, 3.05) is 0 Å². The lowest BCUT2D eigenvalue weighted by Gasteiger charge is -2.38. The Bertz CT molecular complexity index is 187. The van der Waals surface area contributed by atoms with Crippen LogP contribution < -0.4 is 5.73 Å². The van der Waals surface area contributed by atoms with E-state index in [0.29, 0.717) is 0 Å². The number of carbonyl (C=O) groups is 1. The number of ether oxygens (including phenoxy) is 1. The molecule has 0 heterocycles. The lowest BCUT2D eigenvalue weighted by Crippen LogP contribution is -2.59. The van der Waals surface area contributed by atoms with Gasteiger partial charge in [-0.15, -0.1) is 0 Å². The predicted octanol–water partition coefficient (Wildman–Crippen LogP) is 0.767. The summed E-state index contributed by atoms with van der Waals surface area (Å²) >= 11 is 0. The zero-order valence-electron chi connectivity index (χ0n) is 7.34. The lowest BCUT2D eigenvalue weighted by molar-refractivity contribution is -0.160. The molecule has 3 nitrogen and oxygen atoms in total. The van der Waals surface area contributed by atoms with Crippen LogP contribution in [0.15, 0.2) is 0 Å². The van der Waals surface area contributed by atoms with E-state index in [4.69, 9.17) is 10.5 Å². The Morgan fingerprint density at radius 1 is 1.67 bits per heavy atom. The maximum absolute atomic E-state index is 12.4. The molecule has 12 heavy (non-hydrogen) atoms. The maximum Gasteiger partial charge on any atom is 0.326 e. The van der Waals surface area contributed by atoms with E-state index in [1.54, 1.807) is 13.8 Å². The summed E-state index contributed by atoms with van der Waals surface area (Å²) in [6, 6.07) is 0. The summed E-state index contributed by atoms with van der Waals surface area (Å²) in [7, 11) is 0. The monoisotopic (exact) mass is 175 g/mol. The van der Waals surface area contributed by atoms with Gasteiger partial charge in [0, 0.05) is 12.8 Å². The normalized spacial score (nSPS) is 34.6. The Morgan fingerprint density at radius 3 is 2.50 bits per heavy atom. The predicted molar refractivity (Wildman–Crippen MR) is 42.3 cm³/mol. The van der Waals surface area contributed by atoms with Crippen molar-refractivity contribution in [3.05, 3.63) is 0 Å². The van der Waals surface area contributed by atoms with Gasteiger partial charge in [-0.1, -0.05) is 0 Å². The summed E-state index contributed by atoms with van der Waals surface area (Å²) in [6.07, 6.45) is -0.928. The van der Waals surface area contributed by atoms with E-state index in [-0.39, 0.29) is 18.9 Å². The van der Waals surface area contributed by atoms with Crippen LogP contribution in [0, 0.1) is 0 Å². The highest BCUT2D eigenvalue weighted by Crippen LogP contribution is 2.33. The lowest BCUT2D eigenvalue weighted by atomic mass is 9.76. The molecule has 0 aromatic heterocycles. The molecule has 4 heteroatoms. The number of carbonyl (C=O) groups excluding carboxylic acids is 1. The first-order valence-corrected chi connectivity index (χ1v) is 4.08. The molecule has 0 amide bonds. The van der Waals surface area contributed by atoms with Gasteiger partial charge in [0.15, 0.2) is 0 Å². The fraction of sp³-hybridized carbons (Fsp3) is 0.875. The summed E-state index contributed by atoms with van der Waals surface area (Å²) in [5.74, 6) is -0.480. The second kappa shape index (κ2) is 3.01. The molecular weight excluding hydrogens is 161 g/mol. The smallest absolute Gasteiger partial charge is 0.326 e. The molecule has 1 fully saturated rings. The van der Waals surface area contributed by atoms with Crippen LogP contribution in [0.25, 0.3) is 0 Å². The molecule has 1 rings (SSSR count). The van der Waals surface area contributed by atoms with E-state index < -0.39 is 17.7 Å². The van der Waals surface area contributed by atoms with Gasteiger partial charge in [0.05, 0.1) is 6.10 Å². The van der Waals surface area contributed by atoms with E-state index in [2.05, 4.69) is 0 Å². The van der Waals surface area contributed by atoms with Gasteiger partial charge in [-0.2, -0.15) is 0 Å². The fourth-order valence-corrected chi connectivity index (χ4v) is 1.23. The highest BCUT2D eigenvalue weighted by atomic mass is 19.1. The summed E-state index contributed by atoms with van der Waals surface area (Å²) in [4.78, 5) is 11.2. The maximum atomic E-state index is 12.4. The van der Waals surface area contributed by atoms with Crippen molar-refractivity contribution in [2.45, 2.75) is 44.5 Å². The molecule has 0 radical (unpaired) electrons. The molecule has 2 N–H and O–H groups in total. The molecular formula is C8H14FNO2. The topological polar surface area (TPSA) is 52.3 Å². The van der Waals surface area contributed by atoms with Crippen LogP contribution >= 0.6 is 0 Å². The SMILES string of the molecule is CC(C)OC(=O)C1(N)CC(F)C1. The molecule has 0 aromatic rings. The minimum absolute atomic E-state index is 0.0958. The van der Waals surface area contributed by atoms with Gasteiger partial charge in [-0.3, -0.25) is 4.79 Å². The van der Waals surface area contributed by atoms with Crippen molar-refractivity contribution in [1.82, 2.24) is 0 Å². The van der Waals surface area contributed by atoms with Crippen LogP contribution in [0.3, 0.4) is 0 Å². The largest absolute Gasteiger partial charge is 0.462 e. The summed E-state index contributed by atoms with van der Waals surface area (Å²) < 4.78 is 17.3. The van der Waals surface area contributed by atoms with Gasteiger partial charge in [-0.25, -0.2) is 4.39 Å². The minimum Gasteiger partial charge on any atom is -0.462 e. The van der Waals surface area contributed by atoms with Crippen molar-refractivity contribution in [3.8, 4) is 0 Å². The van der Waals surface area contributed by atoms with E-state index >= 15 is 0 Å². The van der Waals surface area contributed by atoms with E-state index in [1.165, 1.54) is 0 Å². The molecule has 0 aromatic carbocycles. The van der Waals surface area contributed by atoms with Gasteiger partial charge >= 0.3 is 5.97 Å². The molecule has 0 atom stereocenters. The van der Waals surface area contributed by atoms with Gasteiger partial charge in [-0.05, 0) is 13.8 Å². The standard InChI is InChI=1S/C8H14FNO2/c1-5(2)12-7(11)8(10)3-6(9)4-8/h5-6H,3-4,10H2,1-2H3. The van der Waals surface area contributed by atoms with E-state index in [9.17, 15) is 9.18 Å². The first-order valence-electron chi connectivity index (χ1n) is 4.08. The molecule has 0 spiro atoms. The molecule has 0 bridgehead atoms. The third-order valence-corrected chi connectivity index (χ3v) is 1.92. The molecule has 1 aliphatic rings. The van der Waals surface area contributed by atoms with Crippen molar-refractivity contribution < 1.29 is 13.9 Å². The number of alkyl halides is 1. The van der Waals surface area contributed by atoms with Crippen molar-refractivity contribution >= 4 is 5.97 Å². The van der Waals surface area contributed by atoms with Crippen LogP contribution in [-0.4, -0.2) is 23.8 Å². The van der Waals surface area contributed by atoms with Crippen LogP contribution in [0.4, 0.5) is 4.39 Å². The first kappa shape index (κ1) is 9.45. The second-order valence-electron chi connectivity index (χ2n) is 3.62. The van der Waals surface area contributed by atoms with E-state index in [1.807, 2.05) is 0 Å². The zero-order valence-corrected chi connectivity index (χ0v) is 7.34. The number of rotatable bonds is 2. The Labute approximate surface area is 71.1 Å². The zero-order chi connectivity index (χ0) is 9.35. The van der Waals surface area contributed by atoms with Crippen LogP contribution in [0.1, 0.15) is 26.7 Å². The third-order valence-electron chi connectivity index (χ3n) is 1.92. The minimum atomic E-state index is -1.05. The van der Waals surface area contributed by atoms with Crippen LogP contribution in [-0.2, 0) is 9.53 Å². The first-order chi connectivity index (χ1) is 5.44. The number of nitrogens with two attached hydrogens (primary N) is 1. The molecule has 70 valence electrons. The van der Waals surface area contributed by atoms with Gasteiger partial charge in [0.2, 0.25) is 0 Å². The molecule has 0 unspecified atom stereocenters. The van der Waals surface area contributed by atoms with Crippen LogP contribution in [0.5, 0.6) is 0 Å². The molecule has 1 saturated carbocycles. The fourth-order valence-electron chi connectivity index (χ4n) is 1.23. The number of esters is 1. The van der Waals surface area contributed by atoms with Gasteiger partial charge in [0.1, 0.15) is 11.7 Å². The van der Waals surface area contributed by atoms with Gasteiger partial charge in [0.25, 0.3) is 0 Å². The number of hydrogen-bond donors (Lipinski definition) is 1. The number of hydrogen-bond acceptors (Lipinski definition) is 3. The summed E-state index contributed by atoms with van der Waals surface area (Å²) in [5.41, 5.74) is 4.52. The Hall–Kier alpha value is -0.640. The summed E-state index contributed by atoms with van der Waals surface area (Å²) in [6.45, 7) is 3.49. The van der Waals surface area contributed by atoms with Crippen molar-refractivity contribution in [2.24, 2.45) is 5.73 Å². The Morgan fingerprint density at radius 2 is 2.17 bits per heavy atom. The Balaban J connectivity index is 2.42. The average molecular weight is 175 g/mol. The highest BCUT2D eigenvalue weighted by molar-refractivity contribution is 5.82. The van der Waals surface area contributed by atoms with Crippen molar-refractivity contribution in [1.29, 1.82) is 0 Å². The quantitative estimate of drug-likeness (QED) is 0.630. The average Bonchev–Trinajstić information content (AvgIpc) is 1.82. The van der Waals surface area contributed by atoms with E-state index in [0.717, 1.165) is 0 Å². The Kier molecular flexibility index (Phi) is 2.37. The number of halogens is 1. The van der Waals surface area contributed by atoms with Crippen LogP contribution in [0.2, 0.25) is 0 Å². The molecule has 0 aliphatic heterocycles. The van der Waals surface area contributed by atoms with Gasteiger partial charge < -0.3 is 10.5 Å². The molecule has 0 saturated heterocycles. The highest BCUT2D eigenvalue weighted by Gasteiger charge is 2.49. The molecule has 1 aliphatic carbocycles.